The van der Waals surface area contributed by atoms with E-state index in [2.05, 4.69) is 12.2 Å². The van der Waals surface area contributed by atoms with Crippen LogP contribution >= 0.6 is 0 Å². The quantitative estimate of drug-likeness (QED) is 0.566. The fraction of sp³-hybridized carbons (Fsp3) is 0.857. The predicted octanol–water partition coefficient (Wildman–Crippen LogP) is 1.79. The Labute approximate surface area is 115 Å². The van der Waals surface area contributed by atoms with Crippen LogP contribution in [0.4, 0.5) is 0 Å². The van der Waals surface area contributed by atoms with E-state index < -0.39 is 11.4 Å². The molecule has 1 atom stereocenters. The average Bonchev–Trinajstić information content (AvgIpc) is 2.23. The van der Waals surface area contributed by atoms with Crippen LogP contribution in [0.15, 0.2) is 0 Å². The molecule has 0 saturated carbocycles. The molecule has 0 aliphatic carbocycles. The monoisotopic (exact) mass is 273 g/mol. The van der Waals surface area contributed by atoms with Crippen molar-refractivity contribution in [2.45, 2.75) is 52.9 Å². The van der Waals surface area contributed by atoms with E-state index in [4.69, 9.17) is 10.2 Å². The molecule has 0 aliphatic rings. The second kappa shape index (κ2) is 8.91. The van der Waals surface area contributed by atoms with Gasteiger partial charge >= 0.3 is 5.97 Å². The maximum Gasteiger partial charge on any atom is 0.303 e. The zero-order chi connectivity index (χ0) is 14.9. The molecule has 0 aromatic heterocycles. The fourth-order valence-corrected chi connectivity index (χ4v) is 2.17. The number of nitrogens with one attached hydrogen (secondary N) is 1. The largest absolute Gasteiger partial charge is 0.481 e. The van der Waals surface area contributed by atoms with Crippen molar-refractivity contribution in [3.8, 4) is 0 Å². The molecule has 0 rings (SSSR count). The summed E-state index contributed by atoms with van der Waals surface area (Å²) >= 11 is 0. The van der Waals surface area contributed by atoms with Gasteiger partial charge in [-0.25, -0.2) is 0 Å². The molecule has 5 heteroatoms. The smallest absolute Gasteiger partial charge is 0.303 e. The predicted molar refractivity (Wildman–Crippen MR) is 73.8 cm³/mol. The van der Waals surface area contributed by atoms with E-state index in [-0.39, 0.29) is 25.4 Å². The van der Waals surface area contributed by atoms with E-state index in [1.165, 1.54) is 0 Å². The molecule has 1 amide bonds. The SMILES string of the molecule is CCCC(CCO)CNC(=O)CC(C)(C)CC(=O)O. The number of aliphatic hydroxyl groups excluding tert-OH is 1. The van der Waals surface area contributed by atoms with Gasteiger partial charge in [0.15, 0.2) is 0 Å². The lowest BCUT2D eigenvalue weighted by Gasteiger charge is -2.22. The number of carbonyl (C=O) groups excluding carboxylic acids is 1. The van der Waals surface area contributed by atoms with Crippen LogP contribution in [0.1, 0.15) is 52.9 Å². The molecule has 19 heavy (non-hydrogen) atoms. The molecule has 0 fully saturated rings. The van der Waals surface area contributed by atoms with E-state index in [1.54, 1.807) is 13.8 Å². The van der Waals surface area contributed by atoms with Gasteiger partial charge in [0, 0.05) is 19.6 Å². The zero-order valence-electron chi connectivity index (χ0n) is 12.2. The molecule has 5 nitrogen and oxygen atoms in total. The third kappa shape index (κ3) is 9.47. The number of carbonyl (C=O) groups is 2. The van der Waals surface area contributed by atoms with E-state index in [0.717, 1.165) is 12.8 Å². The minimum absolute atomic E-state index is 0.0184. The Hall–Kier alpha value is -1.10. The summed E-state index contributed by atoms with van der Waals surface area (Å²) in [7, 11) is 0. The molecule has 0 aromatic carbocycles. The van der Waals surface area contributed by atoms with Crippen LogP contribution in [-0.2, 0) is 9.59 Å². The standard InChI is InChI=1S/C14H27NO4/c1-4-5-11(6-7-16)10-15-12(17)8-14(2,3)9-13(18)19/h11,16H,4-10H2,1-3H3,(H,15,17)(H,18,19). The number of aliphatic carboxylic acids is 1. The van der Waals surface area contributed by atoms with Crippen molar-refractivity contribution in [1.82, 2.24) is 5.32 Å². The van der Waals surface area contributed by atoms with E-state index in [0.29, 0.717) is 18.9 Å². The number of aliphatic hydroxyl groups is 1. The highest BCUT2D eigenvalue weighted by atomic mass is 16.4. The Balaban J connectivity index is 4.12. The Morgan fingerprint density at radius 2 is 1.84 bits per heavy atom. The van der Waals surface area contributed by atoms with Crippen LogP contribution in [0.2, 0.25) is 0 Å². The maximum absolute atomic E-state index is 11.8. The average molecular weight is 273 g/mol. The molecule has 0 radical (unpaired) electrons. The third-order valence-corrected chi connectivity index (χ3v) is 3.09. The summed E-state index contributed by atoms with van der Waals surface area (Å²) in [5.41, 5.74) is -0.535. The minimum Gasteiger partial charge on any atom is -0.481 e. The first-order valence-electron chi connectivity index (χ1n) is 6.90. The van der Waals surface area contributed by atoms with Crippen molar-refractivity contribution < 1.29 is 19.8 Å². The number of hydrogen-bond donors (Lipinski definition) is 3. The van der Waals surface area contributed by atoms with E-state index in [1.807, 2.05) is 0 Å². The summed E-state index contributed by atoms with van der Waals surface area (Å²) < 4.78 is 0. The summed E-state index contributed by atoms with van der Waals surface area (Å²) in [6.07, 6.45) is 2.86. The molecule has 0 saturated heterocycles. The molecule has 0 heterocycles. The normalized spacial score (nSPS) is 13.1. The summed E-state index contributed by atoms with van der Waals surface area (Å²) in [4.78, 5) is 22.5. The maximum atomic E-state index is 11.8. The van der Waals surface area contributed by atoms with Gasteiger partial charge in [-0.15, -0.1) is 0 Å². The number of carboxylic acids is 1. The number of carboxylic acid groups (broad SMARTS) is 1. The summed E-state index contributed by atoms with van der Waals surface area (Å²) in [5.74, 6) is -0.714. The molecule has 0 aromatic rings. The summed E-state index contributed by atoms with van der Waals surface area (Å²) in [6.45, 7) is 6.31. The van der Waals surface area contributed by atoms with Crippen LogP contribution in [-0.4, -0.2) is 35.2 Å². The zero-order valence-corrected chi connectivity index (χ0v) is 12.2. The highest BCUT2D eigenvalue weighted by molar-refractivity contribution is 5.77. The second-order valence-electron chi connectivity index (χ2n) is 5.88. The number of amides is 1. The van der Waals surface area contributed by atoms with Gasteiger partial charge in [-0.2, -0.15) is 0 Å². The highest BCUT2D eigenvalue weighted by Gasteiger charge is 2.25. The third-order valence-electron chi connectivity index (χ3n) is 3.09. The van der Waals surface area contributed by atoms with Crippen LogP contribution in [0.25, 0.3) is 0 Å². The lowest BCUT2D eigenvalue weighted by atomic mass is 9.85. The summed E-state index contributed by atoms with van der Waals surface area (Å²) in [6, 6.07) is 0. The second-order valence-corrected chi connectivity index (χ2v) is 5.88. The molecule has 0 bridgehead atoms. The van der Waals surface area contributed by atoms with E-state index in [9.17, 15) is 9.59 Å². The first-order valence-corrected chi connectivity index (χ1v) is 6.90. The Kier molecular flexibility index (Phi) is 8.39. The van der Waals surface area contributed by atoms with E-state index >= 15 is 0 Å². The van der Waals surface area contributed by atoms with Crippen molar-refractivity contribution in [3.05, 3.63) is 0 Å². The molecule has 112 valence electrons. The van der Waals surface area contributed by atoms with Crippen LogP contribution in [0.5, 0.6) is 0 Å². The molecule has 0 aliphatic heterocycles. The summed E-state index contributed by atoms with van der Waals surface area (Å²) in [5, 5.41) is 20.5. The highest BCUT2D eigenvalue weighted by Crippen LogP contribution is 2.24. The lowest BCUT2D eigenvalue weighted by Crippen LogP contribution is -2.33. The van der Waals surface area contributed by atoms with Crippen LogP contribution < -0.4 is 5.32 Å². The van der Waals surface area contributed by atoms with Gasteiger partial charge < -0.3 is 15.5 Å². The molecule has 3 N–H and O–H groups in total. The van der Waals surface area contributed by atoms with Gasteiger partial charge in [0.05, 0.1) is 6.42 Å². The molecule has 0 spiro atoms. The Morgan fingerprint density at radius 3 is 2.32 bits per heavy atom. The Morgan fingerprint density at radius 1 is 1.21 bits per heavy atom. The number of rotatable bonds is 10. The van der Waals surface area contributed by atoms with Crippen molar-refractivity contribution in [2.24, 2.45) is 11.3 Å². The van der Waals surface area contributed by atoms with Crippen molar-refractivity contribution in [3.63, 3.8) is 0 Å². The first-order chi connectivity index (χ1) is 8.80. The van der Waals surface area contributed by atoms with Crippen molar-refractivity contribution >= 4 is 11.9 Å². The van der Waals surface area contributed by atoms with Crippen LogP contribution in [0.3, 0.4) is 0 Å². The van der Waals surface area contributed by atoms with Gasteiger partial charge in [-0.1, -0.05) is 27.2 Å². The first kappa shape index (κ1) is 17.9. The minimum atomic E-state index is -0.887. The lowest BCUT2D eigenvalue weighted by molar-refractivity contribution is -0.139. The molecule has 1 unspecified atom stereocenters. The molecular formula is C14H27NO4. The number of hydrogen-bond acceptors (Lipinski definition) is 3. The fourth-order valence-electron chi connectivity index (χ4n) is 2.17. The Bertz CT molecular complexity index is 283. The van der Waals surface area contributed by atoms with Crippen molar-refractivity contribution in [2.75, 3.05) is 13.2 Å². The van der Waals surface area contributed by atoms with Gasteiger partial charge in [0.25, 0.3) is 0 Å². The van der Waals surface area contributed by atoms with Gasteiger partial charge in [0.1, 0.15) is 0 Å². The molecular weight excluding hydrogens is 246 g/mol. The van der Waals surface area contributed by atoms with Gasteiger partial charge in [-0.3, -0.25) is 9.59 Å². The van der Waals surface area contributed by atoms with Gasteiger partial charge in [0.2, 0.25) is 5.91 Å². The van der Waals surface area contributed by atoms with Crippen molar-refractivity contribution in [1.29, 1.82) is 0 Å². The van der Waals surface area contributed by atoms with Crippen LogP contribution in [0, 0.1) is 11.3 Å². The van der Waals surface area contributed by atoms with Gasteiger partial charge in [-0.05, 0) is 24.2 Å². The topological polar surface area (TPSA) is 86.6 Å².